The molecule has 0 saturated heterocycles. The second-order valence-electron chi connectivity index (χ2n) is 4.16. The Kier molecular flexibility index (Phi) is 8.41. The molecule has 0 spiro atoms. The number of carboxylic acids is 1. The molecule has 0 radical (unpaired) electrons. The molecule has 0 saturated carbocycles. The predicted molar refractivity (Wildman–Crippen MR) is 80.2 cm³/mol. The largest absolute Gasteiger partial charge is 0.478 e. The lowest BCUT2D eigenvalue weighted by Gasteiger charge is -2.07. The number of carbonyl (C=O) groups excluding carboxylic acids is 1. The molecule has 0 fully saturated rings. The SMILES string of the molecule is COCCOCCCCNC(=O)Nc1sccc1C(=O)O. The molecule has 0 aliphatic rings. The van der Waals surface area contributed by atoms with Crippen LogP contribution in [-0.2, 0) is 9.47 Å². The number of ether oxygens (including phenoxy) is 2. The summed E-state index contributed by atoms with van der Waals surface area (Å²) in [4.78, 5) is 22.5. The van der Waals surface area contributed by atoms with Crippen LogP contribution in [0.2, 0.25) is 0 Å². The van der Waals surface area contributed by atoms with E-state index in [0.29, 0.717) is 31.4 Å². The van der Waals surface area contributed by atoms with Gasteiger partial charge in [0, 0.05) is 20.3 Å². The predicted octanol–water partition coefficient (Wildman–Crippen LogP) is 2.01. The Bertz CT molecular complexity index is 450. The fourth-order valence-corrected chi connectivity index (χ4v) is 2.27. The summed E-state index contributed by atoms with van der Waals surface area (Å²) in [5, 5.41) is 16.1. The first-order valence-corrected chi connectivity index (χ1v) is 7.45. The Morgan fingerprint density at radius 3 is 2.81 bits per heavy atom. The normalized spacial score (nSPS) is 10.3. The Labute approximate surface area is 127 Å². The van der Waals surface area contributed by atoms with Gasteiger partial charge in [-0.3, -0.25) is 5.32 Å². The number of methoxy groups -OCH3 is 1. The van der Waals surface area contributed by atoms with Crippen molar-refractivity contribution in [1.29, 1.82) is 0 Å². The molecule has 1 aromatic rings. The highest BCUT2D eigenvalue weighted by atomic mass is 32.1. The highest BCUT2D eigenvalue weighted by Crippen LogP contribution is 2.22. The summed E-state index contributed by atoms with van der Waals surface area (Å²) in [7, 11) is 1.62. The smallest absolute Gasteiger partial charge is 0.338 e. The first-order valence-electron chi connectivity index (χ1n) is 6.57. The van der Waals surface area contributed by atoms with E-state index in [-0.39, 0.29) is 5.56 Å². The lowest BCUT2D eigenvalue weighted by atomic mass is 10.3. The second kappa shape index (κ2) is 10.1. The number of anilines is 1. The summed E-state index contributed by atoms with van der Waals surface area (Å²) in [6.45, 7) is 2.28. The van der Waals surface area contributed by atoms with Crippen LogP contribution in [0.5, 0.6) is 0 Å². The molecule has 7 nitrogen and oxygen atoms in total. The third-order valence-corrected chi connectivity index (χ3v) is 3.39. The fraction of sp³-hybridized carbons (Fsp3) is 0.538. The average molecular weight is 316 g/mol. The molecular weight excluding hydrogens is 296 g/mol. The quantitative estimate of drug-likeness (QED) is 0.574. The van der Waals surface area contributed by atoms with Gasteiger partial charge in [0.15, 0.2) is 0 Å². The minimum Gasteiger partial charge on any atom is -0.478 e. The van der Waals surface area contributed by atoms with E-state index in [1.54, 1.807) is 12.5 Å². The summed E-state index contributed by atoms with van der Waals surface area (Å²) >= 11 is 1.18. The molecule has 0 unspecified atom stereocenters. The fourth-order valence-electron chi connectivity index (χ4n) is 1.50. The van der Waals surface area contributed by atoms with Gasteiger partial charge in [-0.25, -0.2) is 9.59 Å². The van der Waals surface area contributed by atoms with Crippen molar-refractivity contribution in [2.45, 2.75) is 12.8 Å². The standard InChI is InChI=1S/C13H20N2O5S/c1-19-7-8-20-6-3-2-5-14-13(18)15-11-10(12(16)17)4-9-21-11/h4,9H,2-3,5-8H2,1H3,(H,16,17)(H2,14,15,18). The van der Waals surface area contributed by atoms with E-state index in [1.807, 2.05) is 0 Å². The number of carboxylic acid groups (broad SMARTS) is 1. The van der Waals surface area contributed by atoms with Crippen LogP contribution >= 0.6 is 11.3 Å². The Morgan fingerprint density at radius 1 is 1.29 bits per heavy atom. The molecule has 2 amide bonds. The summed E-state index contributed by atoms with van der Waals surface area (Å²) in [5.41, 5.74) is 0.0988. The number of aromatic carboxylic acids is 1. The number of nitrogens with one attached hydrogen (secondary N) is 2. The molecule has 8 heteroatoms. The number of rotatable bonds is 10. The number of hydrogen-bond donors (Lipinski definition) is 3. The van der Waals surface area contributed by atoms with E-state index < -0.39 is 12.0 Å². The van der Waals surface area contributed by atoms with Gasteiger partial charge in [-0.2, -0.15) is 0 Å². The molecule has 118 valence electrons. The molecular formula is C13H20N2O5S. The lowest BCUT2D eigenvalue weighted by molar-refractivity contribution is 0.0688. The second-order valence-corrected chi connectivity index (χ2v) is 5.08. The summed E-state index contributed by atoms with van der Waals surface area (Å²) < 4.78 is 10.1. The van der Waals surface area contributed by atoms with Crippen LogP contribution in [0.1, 0.15) is 23.2 Å². The topological polar surface area (TPSA) is 96.9 Å². The minimum absolute atomic E-state index is 0.0988. The van der Waals surface area contributed by atoms with Crippen molar-refractivity contribution in [3.8, 4) is 0 Å². The third kappa shape index (κ3) is 7.07. The molecule has 1 heterocycles. The molecule has 0 atom stereocenters. The van der Waals surface area contributed by atoms with Crippen molar-refractivity contribution in [3.05, 3.63) is 17.0 Å². The van der Waals surface area contributed by atoms with Crippen molar-refractivity contribution < 1.29 is 24.2 Å². The Hall–Kier alpha value is -1.64. The van der Waals surface area contributed by atoms with Gasteiger partial charge in [-0.15, -0.1) is 11.3 Å². The Morgan fingerprint density at radius 2 is 2.10 bits per heavy atom. The zero-order valence-electron chi connectivity index (χ0n) is 11.9. The van der Waals surface area contributed by atoms with Gasteiger partial charge in [0.25, 0.3) is 0 Å². The number of thiophene rings is 1. The molecule has 0 aliphatic heterocycles. The van der Waals surface area contributed by atoms with Crippen LogP contribution in [0.25, 0.3) is 0 Å². The van der Waals surface area contributed by atoms with E-state index in [9.17, 15) is 9.59 Å². The van der Waals surface area contributed by atoms with Crippen LogP contribution in [0.3, 0.4) is 0 Å². The van der Waals surface area contributed by atoms with Gasteiger partial charge in [0.1, 0.15) is 5.00 Å². The molecule has 3 N–H and O–H groups in total. The van der Waals surface area contributed by atoms with Crippen LogP contribution in [-0.4, -0.2) is 50.6 Å². The molecule has 1 rings (SSSR count). The number of hydrogen-bond acceptors (Lipinski definition) is 5. The Balaban J connectivity index is 2.11. The van der Waals surface area contributed by atoms with Gasteiger partial charge in [0.2, 0.25) is 0 Å². The zero-order valence-corrected chi connectivity index (χ0v) is 12.7. The first-order chi connectivity index (χ1) is 10.1. The van der Waals surface area contributed by atoms with Crippen LogP contribution in [0.4, 0.5) is 9.80 Å². The van der Waals surface area contributed by atoms with Crippen LogP contribution in [0.15, 0.2) is 11.4 Å². The van der Waals surface area contributed by atoms with Crippen molar-refractivity contribution in [1.82, 2.24) is 5.32 Å². The average Bonchev–Trinajstić information content (AvgIpc) is 2.90. The van der Waals surface area contributed by atoms with E-state index in [2.05, 4.69) is 10.6 Å². The monoisotopic (exact) mass is 316 g/mol. The van der Waals surface area contributed by atoms with Crippen LogP contribution in [0, 0.1) is 0 Å². The molecule has 21 heavy (non-hydrogen) atoms. The van der Waals surface area contributed by atoms with Gasteiger partial charge in [0.05, 0.1) is 18.8 Å². The van der Waals surface area contributed by atoms with Crippen molar-refractivity contribution in [2.75, 3.05) is 38.8 Å². The lowest BCUT2D eigenvalue weighted by Crippen LogP contribution is -2.29. The molecule has 1 aromatic heterocycles. The van der Waals surface area contributed by atoms with Crippen molar-refractivity contribution in [2.24, 2.45) is 0 Å². The maximum Gasteiger partial charge on any atom is 0.338 e. The van der Waals surface area contributed by atoms with Gasteiger partial charge in [-0.1, -0.05) is 0 Å². The van der Waals surface area contributed by atoms with Gasteiger partial charge < -0.3 is 19.9 Å². The summed E-state index contributed by atoms with van der Waals surface area (Å²) in [6, 6.07) is 1.06. The summed E-state index contributed by atoms with van der Waals surface area (Å²) in [6.07, 6.45) is 1.63. The minimum atomic E-state index is -1.06. The number of urea groups is 1. The molecule has 0 aliphatic carbocycles. The number of unbranched alkanes of at least 4 members (excludes halogenated alkanes) is 1. The summed E-state index contributed by atoms with van der Waals surface area (Å²) in [5.74, 6) is -1.06. The van der Waals surface area contributed by atoms with E-state index >= 15 is 0 Å². The van der Waals surface area contributed by atoms with E-state index in [0.717, 1.165) is 12.8 Å². The highest BCUT2D eigenvalue weighted by Gasteiger charge is 2.13. The highest BCUT2D eigenvalue weighted by molar-refractivity contribution is 7.14. The van der Waals surface area contributed by atoms with Crippen LogP contribution < -0.4 is 10.6 Å². The number of carbonyl (C=O) groups is 2. The maximum absolute atomic E-state index is 11.6. The van der Waals surface area contributed by atoms with Crippen molar-refractivity contribution in [3.63, 3.8) is 0 Å². The first kappa shape index (κ1) is 17.4. The third-order valence-electron chi connectivity index (χ3n) is 2.56. The van der Waals surface area contributed by atoms with Gasteiger partial charge in [-0.05, 0) is 24.3 Å². The van der Waals surface area contributed by atoms with E-state index in [4.69, 9.17) is 14.6 Å². The number of amides is 2. The van der Waals surface area contributed by atoms with E-state index in [1.165, 1.54) is 17.4 Å². The molecule has 0 aromatic carbocycles. The van der Waals surface area contributed by atoms with Gasteiger partial charge >= 0.3 is 12.0 Å². The van der Waals surface area contributed by atoms with Crippen molar-refractivity contribution >= 4 is 28.3 Å². The molecule has 0 bridgehead atoms. The zero-order chi connectivity index (χ0) is 15.5. The maximum atomic E-state index is 11.6.